The summed E-state index contributed by atoms with van der Waals surface area (Å²) in [5.41, 5.74) is 2.87. The molecule has 4 aromatic rings. The second kappa shape index (κ2) is 12.5. The third kappa shape index (κ3) is 7.16. The number of oxazole rings is 1. The molecule has 1 atom stereocenters. The van der Waals surface area contributed by atoms with E-state index in [4.69, 9.17) is 9.15 Å². The third-order valence-corrected chi connectivity index (χ3v) is 5.80. The van der Waals surface area contributed by atoms with E-state index in [0.29, 0.717) is 35.8 Å². The first kappa shape index (κ1) is 26.3. The van der Waals surface area contributed by atoms with Crippen LogP contribution in [0.25, 0.3) is 17.5 Å². The number of aliphatic carboxylic acids is 1. The number of halogens is 1. The van der Waals surface area contributed by atoms with Gasteiger partial charge in [-0.25, -0.2) is 14.2 Å². The van der Waals surface area contributed by atoms with Gasteiger partial charge < -0.3 is 19.6 Å². The molecular weight excluding hydrogens is 487 g/mol. The molecule has 0 unspecified atom stereocenters. The zero-order chi connectivity index (χ0) is 26.9. The fraction of sp³-hybridized carbons (Fsp3) is 0.167. The molecule has 38 heavy (non-hydrogen) atoms. The van der Waals surface area contributed by atoms with Crippen LogP contribution in [0.5, 0.6) is 5.75 Å². The molecule has 0 bridgehead atoms. The summed E-state index contributed by atoms with van der Waals surface area (Å²) in [4.78, 5) is 28.5. The van der Waals surface area contributed by atoms with Crippen molar-refractivity contribution in [3.05, 3.63) is 113 Å². The first-order valence-corrected chi connectivity index (χ1v) is 12.1. The van der Waals surface area contributed by atoms with Gasteiger partial charge in [0.1, 0.15) is 17.6 Å². The molecule has 0 saturated carbocycles. The molecule has 0 fully saturated rings. The zero-order valence-electron chi connectivity index (χ0n) is 20.8. The number of nitrogens with one attached hydrogen (secondary N) is 1. The lowest BCUT2D eigenvalue weighted by Gasteiger charge is -2.14. The number of benzene rings is 3. The van der Waals surface area contributed by atoms with Crippen molar-refractivity contribution in [2.75, 3.05) is 6.61 Å². The Labute approximate surface area is 219 Å². The van der Waals surface area contributed by atoms with Crippen molar-refractivity contribution in [3.8, 4) is 17.2 Å². The molecule has 8 heteroatoms. The lowest BCUT2D eigenvalue weighted by molar-refractivity contribution is -0.141. The van der Waals surface area contributed by atoms with E-state index >= 15 is 0 Å². The summed E-state index contributed by atoms with van der Waals surface area (Å²) in [6.07, 6.45) is 1.60. The second-order valence-corrected chi connectivity index (χ2v) is 8.60. The number of amides is 1. The van der Waals surface area contributed by atoms with Gasteiger partial charge in [0.05, 0.1) is 12.3 Å². The molecule has 1 heterocycles. The molecule has 7 nitrogen and oxygen atoms in total. The van der Waals surface area contributed by atoms with Gasteiger partial charge in [0, 0.05) is 18.4 Å². The Morgan fingerprint density at radius 3 is 2.34 bits per heavy atom. The monoisotopic (exact) mass is 514 g/mol. The summed E-state index contributed by atoms with van der Waals surface area (Å²) >= 11 is 0. The van der Waals surface area contributed by atoms with Crippen LogP contribution in [0.2, 0.25) is 0 Å². The Bertz CT molecular complexity index is 1400. The molecule has 1 amide bonds. The van der Waals surface area contributed by atoms with Gasteiger partial charge in [0.2, 0.25) is 5.89 Å². The summed E-state index contributed by atoms with van der Waals surface area (Å²) in [6.45, 7) is 2.24. The molecule has 3 aromatic carbocycles. The smallest absolute Gasteiger partial charge is 0.326 e. The molecule has 2 N–H and O–H groups in total. The molecule has 0 aliphatic carbocycles. The quantitative estimate of drug-likeness (QED) is 0.260. The topological polar surface area (TPSA) is 102 Å². The van der Waals surface area contributed by atoms with Crippen LogP contribution in [0, 0.1) is 6.92 Å². The SMILES string of the molecule is Cc1oc(-c2ccccc2)nc1CCOc1ccc(C[C@H](NC(=O)/C(F)=C/c2ccccc2)C(=O)O)cc1. The number of hydrogen-bond acceptors (Lipinski definition) is 5. The van der Waals surface area contributed by atoms with Gasteiger partial charge in [-0.1, -0.05) is 60.7 Å². The highest BCUT2D eigenvalue weighted by atomic mass is 19.1. The van der Waals surface area contributed by atoms with E-state index in [0.717, 1.165) is 23.1 Å². The Hall–Kier alpha value is -4.72. The molecule has 0 aliphatic heterocycles. The zero-order valence-corrected chi connectivity index (χ0v) is 20.8. The summed E-state index contributed by atoms with van der Waals surface area (Å²) in [6, 6.07) is 23.7. The van der Waals surface area contributed by atoms with Gasteiger partial charge in [0.25, 0.3) is 5.91 Å². The van der Waals surface area contributed by atoms with Crippen LogP contribution in [-0.2, 0) is 22.4 Å². The van der Waals surface area contributed by atoms with Crippen LogP contribution in [0.15, 0.2) is 95.2 Å². The van der Waals surface area contributed by atoms with E-state index in [2.05, 4.69) is 10.3 Å². The van der Waals surface area contributed by atoms with Crippen LogP contribution in [-0.4, -0.2) is 34.6 Å². The minimum Gasteiger partial charge on any atom is -0.493 e. The van der Waals surface area contributed by atoms with Crippen LogP contribution in [0.3, 0.4) is 0 Å². The molecule has 0 aliphatic rings. The number of aromatic nitrogens is 1. The van der Waals surface area contributed by atoms with Crippen LogP contribution in [0.4, 0.5) is 4.39 Å². The van der Waals surface area contributed by atoms with Crippen molar-refractivity contribution >= 4 is 18.0 Å². The van der Waals surface area contributed by atoms with E-state index in [1.807, 2.05) is 37.3 Å². The van der Waals surface area contributed by atoms with Crippen LogP contribution in [0.1, 0.15) is 22.6 Å². The number of carbonyl (C=O) groups is 2. The van der Waals surface area contributed by atoms with Gasteiger partial charge in [0.15, 0.2) is 5.83 Å². The Morgan fingerprint density at radius 1 is 1.03 bits per heavy atom. The highest BCUT2D eigenvalue weighted by Gasteiger charge is 2.22. The summed E-state index contributed by atoms with van der Waals surface area (Å²) in [5.74, 6) is -1.50. The maximum atomic E-state index is 14.3. The van der Waals surface area contributed by atoms with Crippen molar-refractivity contribution in [1.29, 1.82) is 0 Å². The Balaban J connectivity index is 1.30. The first-order valence-electron chi connectivity index (χ1n) is 12.1. The molecule has 4 rings (SSSR count). The van der Waals surface area contributed by atoms with Gasteiger partial charge in [-0.05, 0) is 48.4 Å². The van der Waals surface area contributed by atoms with Crippen molar-refractivity contribution < 1.29 is 28.2 Å². The number of aryl methyl sites for hydroxylation is 1. The summed E-state index contributed by atoms with van der Waals surface area (Å²) < 4.78 is 25.9. The Morgan fingerprint density at radius 2 is 1.68 bits per heavy atom. The predicted octanol–water partition coefficient (Wildman–Crippen LogP) is 5.39. The lowest BCUT2D eigenvalue weighted by Crippen LogP contribution is -2.42. The minimum atomic E-state index is -1.29. The van der Waals surface area contributed by atoms with E-state index < -0.39 is 23.7 Å². The van der Waals surface area contributed by atoms with Crippen molar-refractivity contribution in [3.63, 3.8) is 0 Å². The van der Waals surface area contributed by atoms with Gasteiger partial charge in [-0.15, -0.1) is 0 Å². The van der Waals surface area contributed by atoms with Crippen molar-refractivity contribution in [2.24, 2.45) is 0 Å². The van der Waals surface area contributed by atoms with Crippen molar-refractivity contribution in [1.82, 2.24) is 10.3 Å². The van der Waals surface area contributed by atoms with E-state index in [1.54, 1.807) is 54.6 Å². The van der Waals surface area contributed by atoms with Crippen molar-refractivity contribution in [2.45, 2.75) is 25.8 Å². The first-order chi connectivity index (χ1) is 18.4. The summed E-state index contributed by atoms with van der Waals surface area (Å²) in [7, 11) is 0. The number of nitrogens with zero attached hydrogens (tertiary/aromatic N) is 1. The molecule has 194 valence electrons. The van der Waals surface area contributed by atoms with Crippen LogP contribution < -0.4 is 10.1 Å². The predicted molar refractivity (Wildman–Crippen MR) is 141 cm³/mol. The van der Waals surface area contributed by atoms with E-state index in [1.165, 1.54) is 0 Å². The average Bonchev–Trinajstić information content (AvgIpc) is 3.30. The highest BCUT2D eigenvalue weighted by molar-refractivity contribution is 5.97. The standard InChI is InChI=1S/C30H27FN2O5/c1-20-26(33-29(38-20)23-10-6-3-7-11-23)16-17-37-24-14-12-22(13-15-24)19-27(30(35)36)32-28(34)25(31)18-21-8-4-2-5-9-21/h2-15,18,27H,16-17,19H2,1H3,(H,32,34)(H,35,36)/b25-18-/t27-/m0/s1. The normalized spacial score (nSPS) is 12.1. The molecule has 0 spiro atoms. The maximum absolute atomic E-state index is 14.3. The van der Waals surface area contributed by atoms with Gasteiger partial charge >= 0.3 is 5.97 Å². The number of rotatable bonds is 11. The number of carboxylic acid groups (broad SMARTS) is 1. The van der Waals surface area contributed by atoms with E-state index in [-0.39, 0.29) is 6.42 Å². The van der Waals surface area contributed by atoms with Crippen LogP contribution >= 0.6 is 0 Å². The Kier molecular flexibility index (Phi) is 8.66. The molecule has 1 aromatic heterocycles. The van der Waals surface area contributed by atoms with Gasteiger partial charge in [-0.2, -0.15) is 0 Å². The highest BCUT2D eigenvalue weighted by Crippen LogP contribution is 2.22. The molecular formula is C30H27FN2O5. The fourth-order valence-electron chi connectivity index (χ4n) is 3.78. The fourth-order valence-corrected chi connectivity index (χ4v) is 3.78. The van der Waals surface area contributed by atoms with E-state index in [9.17, 15) is 19.1 Å². The minimum absolute atomic E-state index is 0.0135. The molecule has 0 radical (unpaired) electrons. The third-order valence-electron chi connectivity index (χ3n) is 5.80. The number of carboxylic acids is 1. The van der Waals surface area contributed by atoms with Gasteiger partial charge in [-0.3, -0.25) is 4.79 Å². The second-order valence-electron chi connectivity index (χ2n) is 8.60. The number of ether oxygens (including phenoxy) is 1. The molecule has 0 saturated heterocycles. The maximum Gasteiger partial charge on any atom is 0.326 e. The number of carbonyl (C=O) groups excluding carboxylic acids is 1. The average molecular weight is 515 g/mol. The largest absolute Gasteiger partial charge is 0.493 e. The number of hydrogen-bond donors (Lipinski definition) is 2. The summed E-state index contributed by atoms with van der Waals surface area (Å²) in [5, 5.41) is 11.8. The lowest BCUT2D eigenvalue weighted by atomic mass is 10.1.